The van der Waals surface area contributed by atoms with Gasteiger partial charge in [0.2, 0.25) is 0 Å². The number of hydrogen-bond donors (Lipinski definition) is 0. The summed E-state index contributed by atoms with van der Waals surface area (Å²) in [5, 5.41) is 0. The SMILES string of the molecule is CCCCCCCCCCC(=CC(P)CCCCCCCCCC)CCCCCCCCCC. The lowest BCUT2D eigenvalue weighted by molar-refractivity contribution is 0.557. The molecule has 1 heteroatoms. The molecule has 2 atom stereocenters. The maximum absolute atomic E-state index is 3.17. The average Bonchev–Trinajstić information content (AvgIpc) is 2.83. The largest absolute Gasteiger partial charge is 0.130 e. The Bertz CT molecular complexity index is 377. The zero-order valence-electron chi connectivity index (χ0n) is 24.3. The second-order valence-corrected chi connectivity index (χ2v) is 12.1. The number of hydrogen-bond acceptors (Lipinski definition) is 0. The monoisotopic (exact) mass is 494 g/mol. The summed E-state index contributed by atoms with van der Waals surface area (Å²) in [6.07, 6.45) is 41.2. The van der Waals surface area contributed by atoms with Gasteiger partial charge in [0.1, 0.15) is 0 Å². The molecule has 0 spiro atoms. The van der Waals surface area contributed by atoms with E-state index in [4.69, 9.17) is 0 Å². The number of unbranched alkanes of at least 4 members (excludes halogenated alkanes) is 21. The van der Waals surface area contributed by atoms with Gasteiger partial charge in [-0.05, 0) is 37.8 Å². The maximum atomic E-state index is 3.17. The topological polar surface area (TPSA) is 0 Å². The van der Waals surface area contributed by atoms with E-state index in [9.17, 15) is 0 Å². The van der Waals surface area contributed by atoms with Crippen molar-refractivity contribution < 1.29 is 0 Å². The molecule has 0 aliphatic heterocycles. The second-order valence-electron chi connectivity index (χ2n) is 11.2. The molecule has 0 N–H and O–H groups in total. The number of allylic oxidation sites excluding steroid dienone is 2. The number of rotatable bonds is 28. The lowest BCUT2D eigenvalue weighted by Gasteiger charge is -2.13. The minimum absolute atomic E-state index is 0.707. The molecule has 0 radical (unpaired) electrons. The van der Waals surface area contributed by atoms with Gasteiger partial charge in [0.05, 0.1) is 0 Å². The van der Waals surface area contributed by atoms with Crippen molar-refractivity contribution in [2.75, 3.05) is 0 Å². The van der Waals surface area contributed by atoms with Crippen LogP contribution < -0.4 is 0 Å². The van der Waals surface area contributed by atoms with Crippen LogP contribution in [0.1, 0.15) is 194 Å². The predicted molar refractivity (Wildman–Crippen MR) is 163 cm³/mol. The van der Waals surface area contributed by atoms with Crippen molar-refractivity contribution in [1.29, 1.82) is 0 Å². The van der Waals surface area contributed by atoms with Crippen LogP contribution in [0.25, 0.3) is 0 Å². The lowest BCUT2D eigenvalue weighted by Crippen LogP contribution is -1.97. The molecule has 0 amide bonds. The second kappa shape index (κ2) is 29.4. The third kappa shape index (κ3) is 26.8. The molecule has 0 rings (SSSR count). The molecule has 0 bridgehead atoms. The van der Waals surface area contributed by atoms with Crippen LogP contribution in [0.5, 0.6) is 0 Å². The van der Waals surface area contributed by atoms with Crippen molar-refractivity contribution in [3.05, 3.63) is 11.6 Å². The minimum Gasteiger partial charge on any atom is -0.130 e. The smallest absolute Gasteiger partial charge is 0.00830 e. The average molecular weight is 495 g/mol. The summed E-state index contributed by atoms with van der Waals surface area (Å²) in [6, 6.07) is 0. The van der Waals surface area contributed by atoms with E-state index in [0.717, 1.165) is 0 Å². The summed E-state index contributed by atoms with van der Waals surface area (Å²) < 4.78 is 0. The van der Waals surface area contributed by atoms with Gasteiger partial charge < -0.3 is 0 Å². The molecule has 0 saturated heterocycles. The van der Waals surface area contributed by atoms with Crippen LogP contribution in [0, 0.1) is 0 Å². The molecular formula is C33H67P. The molecule has 0 fully saturated rings. The Morgan fingerprint density at radius 1 is 0.441 bits per heavy atom. The highest BCUT2D eigenvalue weighted by atomic mass is 31.0. The fourth-order valence-corrected chi connectivity index (χ4v) is 5.67. The fourth-order valence-electron chi connectivity index (χ4n) is 5.16. The first-order chi connectivity index (χ1) is 16.7. The van der Waals surface area contributed by atoms with Crippen LogP contribution in [0.4, 0.5) is 0 Å². The van der Waals surface area contributed by atoms with Gasteiger partial charge in [-0.3, -0.25) is 0 Å². The van der Waals surface area contributed by atoms with E-state index < -0.39 is 0 Å². The van der Waals surface area contributed by atoms with Crippen LogP contribution in [0.3, 0.4) is 0 Å². The normalized spacial score (nSPS) is 12.2. The van der Waals surface area contributed by atoms with E-state index in [0.29, 0.717) is 5.66 Å². The summed E-state index contributed by atoms with van der Waals surface area (Å²) in [6.45, 7) is 6.94. The van der Waals surface area contributed by atoms with Gasteiger partial charge >= 0.3 is 0 Å². The first kappa shape index (κ1) is 34.2. The quantitative estimate of drug-likeness (QED) is 0.0576. The molecule has 0 aromatic rings. The Hall–Kier alpha value is 0.170. The van der Waals surface area contributed by atoms with Crippen LogP contribution in [0.2, 0.25) is 0 Å². The van der Waals surface area contributed by atoms with Crippen LogP contribution >= 0.6 is 9.24 Å². The van der Waals surface area contributed by atoms with Gasteiger partial charge in [0.25, 0.3) is 0 Å². The van der Waals surface area contributed by atoms with Gasteiger partial charge in [0.15, 0.2) is 0 Å². The summed E-state index contributed by atoms with van der Waals surface area (Å²) in [5.41, 5.74) is 2.50. The van der Waals surface area contributed by atoms with Crippen molar-refractivity contribution in [3.63, 3.8) is 0 Å². The van der Waals surface area contributed by atoms with E-state index in [-0.39, 0.29) is 0 Å². The molecule has 2 unspecified atom stereocenters. The Morgan fingerprint density at radius 2 is 0.735 bits per heavy atom. The molecule has 0 heterocycles. The molecule has 0 saturated carbocycles. The summed E-state index contributed by atoms with van der Waals surface area (Å²) >= 11 is 0. The highest BCUT2D eigenvalue weighted by molar-refractivity contribution is 7.17. The third-order valence-corrected chi connectivity index (χ3v) is 8.07. The van der Waals surface area contributed by atoms with Gasteiger partial charge in [0, 0.05) is 0 Å². The lowest BCUT2D eigenvalue weighted by atomic mass is 9.97. The molecule has 204 valence electrons. The van der Waals surface area contributed by atoms with Crippen molar-refractivity contribution in [2.45, 2.75) is 200 Å². The Balaban J connectivity index is 4.14. The zero-order chi connectivity index (χ0) is 25.0. The Morgan fingerprint density at radius 3 is 1.09 bits per heavy atom. The zero-order valence-corrected chi connectivity index (χ0v) is 25.5. The summed E-state index contributed by atoms with van der Waals surface area (Å²) in [5.74, 6) is 0. The van der Waals surface area contributed by atoms with Crippen LogP contribution in [0.15, 0.2) is 11.6 Å². The van der Waals surface area contributed by atoms with Gasteiger partial charge in [-0.15, -0.1) is 9.24 Å². The van der Waals surface area contributed by atoms with E-state index in [2.05, 4.69) is 36.1 Å². The molecule has 34 heavy (non-hydrogen) atoms. The third-order valence-electron chi connectivity index (χ3n) is 7.54. The summed E-state index contributed by atoms with van der Waals surface area (Å²) in [7, 11) is 3.17. The standard InChI is InChI=1S/C33H67P/c1-4-7-10-13-16-19-22-25-28-32(29-26-23-20-17-14-11-8-5-2)31-33(34)30-27-24-21-18-15-12-9-6-3/h31,33H,4-30,34H2,1-3H3. The molecular weight excluding hydrogens is 427 g/mol. The summed E-state index contributed by atoms with van der Waals surface area (Å²) in [4.78, 5) is 0. The molecule has 0 aliphatic carbocycles. The Labute approximate surface area is 220 Å². The van der Waals surface area contributed by atoms with Gasteiger partial charge in [-0.2, -0.15) is 0 Å². The maximum Gasteiger partial charge on any atom is -0.00830 e. The fraction of sp³-hybridized carbons (Fsp3) is 0.939. The highest BCUT2D eigenvalue weighted by Gasteiger charge is 2.05. The minimum atomic E-state index is 0.707. The first-order valence-electron chi connectivity index (χ1n) is 16.2. The molecule has 0 aromatic heterocycles. The van der Waals surface area contributed by atoms with Crippen molar-refractivity contribution in [2.24, 2.45) is 0 Å². The van der Waals surface area contributed by atoms with Crippen molar-refractivity contribution in [1.82, 2.24) is 0 Å². The highest BCUT2D eigenvalue weighted by Crippen LogP contribution is 2.23. The molecule has 0 aromatic carbocycles. The Kier molecular flexibility index (Phi) is 29.5. The van der Waals surface area contributed by atoms with Crippen LogP contribution in [-0.4, -0.2) is 5.66 Å². The van der Waals surface area contributed by atoms with Crippen molar-refractivity contribution in [3.8, 4) is 0 Å². The van der Waals surface area contributed by atoms with E-state index in [1.165, 1.54) is 173 Å². The van der Waals surface area contributed by atoms with Gasteiger partial charge in [-0.1, -0.05) is 174 Å². The van der Waals surface area contributed by atoms with E-state index >= 15 is 0 Å². The van der Waals surface area contributed by atoms with Gasteiger partial charge in [-0.25, -0.2) is 0 Å². The van der Waals surface area contributed by atoms with Crippen LogP contribution in [-0.2, 0) is 0 Å². The molecule has 0 aliphatic rings. The van der Waals surface area contributed by atoms with E-state index in [1.807, 2.05) is 0 Å². The first-order valence-corrected chi connectivity index (χ1v) is 16.9. The predicted octanol–water partition coefficient (Wildman–Crippen LogP) is 12.7. The van der Waals surface area contributed by atoms with E-state index in [1.54, 1.807) is 5.57 Å². The molecule has 0 nitrogen and oxygen atoms in total. The van der Waals surface area contributed by atoms with Crippen molar-refractivity contribution >= 4 is 9.24 Å².